The second-order valence-electron chi connectivity index (χ2n) is 7.18. The molecule has 1 fully saturated rings. The predicted octanol–water partition coefficient (Wildman–Crippen LogP) is 1.91. The standard InChI is InChI=1S/C18H24N4O3/c1-11-15(12(2)25-20-11)5-6-17(23)21-7-8-22-14(10-21)9-16(19-22)18(24)13-3-4-13/h9,13,18,24H,3-8,10H2,1-2H3/t18-/m0/s1. The molecule has 1 N–H and O–H groups in total. The Bertz CT molecular complexity index is 771. The van der Waals surface area contributed by atoms with E-state index >= 15 is 0 Å². The number of carbonyl (C=O) groups is 1. The Labute approximate surface area is 146 Å². The molecule has 7 nitrogen and oxygen atoms in total. The van der Waals surface area contributed by atoms with Gasteiger partial charge in [0.05, 0.1) is 30.2 Å². The van der Waals surface area contributed by atoms with Crippen LogP contribution < -0.4 is 0 Å². The molecule has 0 radical (unpaired) electrons. The third-order valence-corrected chi connectivity index (χ3v) is 5.31. The molecule has 0 unspecified atom stereocenters. The Morgan fingerprint density at radius 2 is 2.20 bits per heavy atom. The van der Waals surface area contributed by atoms with Crippen molar-refractivity contribution in [2.45, 2.75) is 58.7 Å². The zero-order valence-corrected chi connectivity index (χ0v) is 14.7. The van der Waals surface area contributed by atoms with Crippen molar-refractivity contribution in [1.82, 2.24) is 19.8 Å². The van der Waals surface area contributed by atoms with Crippen molar-refractivity contribution in [3.63, 3.8) is 0 Å². The first kappa shape index (κ1) is 16.3. The number of aliphatic hydroxyl groups is 1. The minimum absolute atomic E-state index is 0.136. The largest absolute Gasteiger partial charge is 0.386 e. The van der Waals surface area contributed by atoms with E-state index < -0.39 is 6.10 Å². The van der Waals surface area contributed by atoms with Gasteiger partial charge < -0.3 is 14.5 Å². The summed E-state index contributed by atoms with van der Waals surface area (Å²) < 4.78 is 7.09. The van der Waals surface area contributed by atoms with Crippen LogP contribution in [0.25, 0.3) is 0 Å². The summed E-state index contributed by atoms with van der Waals surface area (Å²) in [5.74, 6) is 1.29. The number of fused-ring (bicyclic) bond motifs is 1. The van der Waals surface area contributed by atoms with Crippen LogP contribution in [0.2, 0.25) is 0 Å². The van der Waals surface area contributed by atoms with E-state index in [0.29, 0.717) is 38.4 Å². The molecule has 1 atom stereocenters. The van der Waals surface area contributed by atoms with Gasteiger partial charge >= 0.3 is 0 Å². The molecule has 2 aromatic heterocycles. The fraction of sp³-hybridized carbons (Fsp3) is 0.611. The quantitative estimate of drug-likeness (QED) is 0.895. The molecule has 7 heteroatoms. The summed E-state index contributed by atoms with van der Waals surface area (Å²) in [5.41, 5.74) is 3.65. The smallest absolute Gasteiger partial charge is 0.223 e. The second kappa shape index (κ2) is 6.29. The van der Waals surface area contributed by atoms with Gasteiger partial charge in [-0.15, -0.1) is 0 Å². The zero-order valence-electron chi connectivity index (χ0n) is 14.7. The van der Waals surface area contributed by atoms with E-state index in [0.717, 1.165) is 41.2 Å². The maximum Gasteiger partial charge on any atom is 0.223 e. The zero-order chi connectivity index (χ0) is 17.6. The lowest BCUT2D eigenvalue weighted by atomic mass is 10.1. The van der Waals surface area contributed by atoms with Crippen LogP contribution >= 0.6 is 0 Å². The lowest BCUT2D eigenvalue weighted by molar-refractivity contribution is -0.132. The summed E-state index contributed by atoms with van der Waals surface area (Å²) in [6, 6.07) is 1.96. The van der Waals surface area contributed by atoms with Crippen molar-refractivity contribution in [3.8, 4) is 0 Å². The molecule has 0 saturated heterocycles. The van der Waals surface area contributed by atoms with Gasteiger partial charge in [0.2, 0.25) is 5.91 Å². The van der Waals surface area contributed by atoms with Crippen LogP contribution in [0.15, 0.2) is 10.6 Å². The van der Waals surface area contributed by atoms with Gasteiger partial charge in [-0.2, -0.15) is 5.10 Å². The van der Waals surface area contributed by atoms with Crippen LogP contribution in [-0.2, 0) is 24.3 Å². The number of hydrogen-bond acceptors (Lipinski definition) is 5. The Balaban J connectivity index is 1.39. The highest BCUT2D eigenvalue weighted by atomic mass is 16.5. The van der Waals surface area contributed by atoms with Gasteiger partial charge in [-0.25, -0.2) is 0 Å². The fourth-order valence-electron chi connectivity index (χ4n) is 3.55. The molecule has 3 heterocycles. The number of carbonyl (C=O) groups excluding carboxylic acids is 1. The van der Waals surface area contributed by atoms with Crippen molar-refractivity contribution in [2.24, 2.45) is 5.92 Å². The van der Waals surface area contributed by atoms with Crippen LogP contribution in [0.1, 0.15) is 53.8 Å². The number of nitrogens with zero attached hydrogens (tertiary/aromatic N) is 4. The van der Waals surface area contributed by atoms with E-state index in [2.05, 4.69) is 10.3 Å². The molecule has 0 aromatic carbocycles. The van der Waals surface area contributed by atoms with Crippen molar-refractivity contribution in [1.29, 1.82) is 0 Å². The van der Waals surface area contributed by atoms with Gasteiger partial charge in [0.15, 0.2) is 0 Å². The average molecular weight is 344 g/mol. The normalized spacial score (nSPS) is 18.3. The van der Waals surface area contributed by atoms with Crippen LogP contribution in [0, 0.1) is 19.8 Å². The Morgan fingerprint density at radius 3 is 2.88 bits per heavy atom. The number of amides is 1. The maximum absolute atomic E-state index is 12.6. The summed E-state index contributed by atoms with van der Waals surface area (Å²) in [6.45, 7) is 5.69. The second-order valence-corrected chi connectivity index (χ2v) is 7.18. The molecule has 2 aliphatic rings. The minimum Gasteiger partial charge on any atom is -0.386 e. The molecule has 1 saturated carbocycles. The van der Waals surface area contributed by atoms with Crippen molar-refractivity contribution < 1.29 is 14.4 Å². The molecule has 25 heavy (non-hydrogen) atoms. The highest BCUT2D eigenvalue weighted by Crippen LogP contribution is 2.40. The van der Waals surface area contributed by atoms with Gasteiger partial charge in [-0.3, -0.25) is 9.48 Å². The molecule has 4 rings (SSSR count). The molecular formula is C18H24N4O3. The molecule has 1 aliphatic carbocycles. The van der Waals surface area contributed by atoms with Crippen LogP contribution in [0.5, 0.6) is 0 Å². The molecule has 134 valence electrons. The highest BCUT2D eigenvalue weighted by molar-refractivity contribution is 5.76. The molecule has 0 bridgehead atoms. The lowest BCUT2D eigenvalue weighted by Crippen LogP contribution is -2.38. The molecular weight excluding hydrogens is 320 g/mol. The fourth-order valence-corrected chi connectivity index (χ4v) is 3.55. The Morgan fingerprint density at radius 1 is 1.40 bits per heavy atom. The van der Waals surface area contributed by atoms with E-state index in [1.54, 1.807) is 0 Å². The Kier molecular flexibility index (Phi) is 4.11. The van der Waals surface area contributed by atoms with Gasteiger partial charge in [-0.05, 0) is 45.1 Å². The topological polar surface area (TPSA) is 84.4 Å². The van der Waals surface area contributed by atoms with E-state index in [4.69, 9.17) is 4.52 Å². The van der Waals surface area contributed by atoms with E-state index in [1.165, 1.54) is 0 Å². The Hall–Kier alpha value is -2.15. The minimum atomic E-state index is -0.457. The van der Waals surface area contributed by atoms with Crippen molar-refractivity contribution in [3.05, 3.63) is 34.5 Å². The number of aryl methyl sites for hydroxylation is 2. The molecule has 2 aromatic rings. The van der Waals surface area contributed by atoms with E-state index in [9.17, 15) is 9.90 Å². The van der Waals surface area contributed by atoms with Crippen LogP contribution in [0.3, 0.4) is 0 Å². The summed E-state index contributed by atoms with van der Waals surface area (Å²) in [6.07, 6.45) is 2.81. The van der Waals surface area contributed by atoms with E-state index in [-0.39, 0.29) is 5.91 Å². The summed E-state index contributed by atoms with van der Waals surface area (Å²) in [5, 5.41) is 18.7. The average Bonchev–Trinajstić information content (AvgIpc) is 3.29. The van der Waals surface area contributed by atoms with Crippen LogP contribution in [0.4, 0.5) is 0 Å². The summed E-state index contributed by atoms with van der Waals surface area (Å²) in [7, 11) is 0. The van der Waals surface area contributed by atoms with Gasteiger partial charge in [0.25, 0.3) is 0 Å². The van der Waals surface area contributed by atoms with Gasteiger partial charge in [0.1, 0.15) is 11.9 Å². The maximum atomic E-state index is 12.6. The summed E-state index contributed by atoms with van der Waals surface area (Å²) in [4.78, 5) is 14.5. The van der Waals surface area contributed by atoms with Gasteiger partial charge in [-0.1, -0.05) is 5.16 Å². The van der Waals surface area contributed by atoms with Crippen molar-refractivity contribution in [2.75, 3.05) is 6.54 Å². The first-order valence-electron chi connectivity index (χ1n) is 8.97. The summed E-state index contributed by atoms with van der Waals surface area (Å²) >= 11 is 0. The number of aromatic nitrogens is 3. The third kappa shape index (κ3) is 3.20. The predicted molar refractivity (Wildman–Crippen MR) is 89.6 cm³/mol. The number of hydrogen-bond donors (Lipinski definition) is 1. The lowest BCUT2D eigenvalue weighted by Gasteiger charge is -2.27. The number of aliphatic hydroxyl groups excluding tert-OH is 1. The van der Waals surface area contributed by atoms with Gasteiger partial charge in [0, 0.05) is 18.5 Å². The third-order valence-electron chi connectivity index (χ3n) is 5.31. The molecule has 1 amide bonds. The van der Waals surface area contributed by atoms with E-state index in [1.807, 2.05) is 29.5 Å². The first-order chi connectivity index (χ1) is 12.0. The SMILES string of the molecule is Cc1noc(C)c1CCC(=O)N1CCn2nc([C@@H](O)C3CC3)cc2C1. The van der Waals surface area contributed by atoms with Crippen LogP contribution in [-0.4, -0.2) is 37.4 Å². The number of rotatable bonds is 5. The van der Waals surface area contributed by atoms with Crippen molar-refractivity contribution >= 4 is 5.91 Å². The first-order valence-corrected chi connectivity index (χ1v) is 8.97. The molecule has 0 spiro atoms. The monoisotopic (exact) mass is 344 g/mol. The molecule has 1 aliphatic heterocycles. The highest BCUT2D eigenvalue weighted by Gasteiger charge is 2.33.